The molecule has 0 saturated carbocycles. The summed E-state index contributed by atoms with van der Waals surface area (Å²) in [5.41, 5.74) is -1.69. The molecule has 1 saturated heterocycles. The van der Waals surface area contributed by atoms with Crippen LogP contribution in [0, 0.1) is 0 Å². The molecule has 0 unspecified atom stereocenters. The fourth-order valence-electron chi connectivity index (χ4n) is 1.27. The van der Waals surface area contributed by atoms with Crippen LogP contribution in [0.15, 0.2) is 0 Å². The van der Waals surface area contributed by atoms with Gasteiger partial charge in [-0.05, 0) is 20.8 Å². The van der Waals surface area contributed by atoms with E-state index in [9.17, 15) is 13.6 Å². The Hall–Kier alpha value is -0.580. The fraction of sp³-hybridized carbons (Fsp3) is 0.889. The van der Waals surface area contributed by atoms with Gasteiger partial charge in [-0.2, -0.15) is 0 Å². The van der Waals surface area contributed by atoms with Crippen molar-refractivity contribution >= 4 is 17.7 Å². The second kappa shape index (κ2) is 3.77. The van der Waals surface area contributed by atoms with Gasteiger partial charge in [-0.3, -0.25) is 4.90 Å². The number of carbonyl (C=O) groups excluding carboxylic acids is 1. The third-order valence-corrected chi connectivity index (χ3v) is 2.22. The minimum Gasteiger partial charge on any atom is -0.444 e. The van der Waals surface area contributed by atoms with Crippen molar-refractivity contribution in [3.63, 3.8) is 0 Å². The first-order chi connectivity index (χ1) is 6.61. The van der Waals surface area contributed by atoms with Gasteiger partial charge in [0.1, 0.15) is 11.1 Å². The zero-order chi connectivity index (χ0) is 11.9. The molecule has 15 heavy (non-hydrogen) atoms. The van der Waals surface area contributed by atoms with Crippen LogP contribution in [0.1, 0.15) is 27.2 Å². The molecule has 1 aliphatic heterocycles. The topological polar surface area (TPSA) is 29.5 Å². The number of carbonyl (C=O) groups is 1. The van der Waals surface area contributed by atoms with Crippen LogP contribution in [0.2, 0.25) is 0 Å². The molecule has 0 radical (unpaired) electrons. The molecule has 1 amide bonds. The van der Waals surface area contributed by atoms with Crippen molar-refractivity contribution in [2.45, 2.75) is 44.2 Å². The molecule has 0 aliphatic carbocycles. The zero-order valence-electron chi connectivity index (χ0n) is 8.89. The van der Waals surface area contributed by atoms with Gasteiger partial charge in [0.25, 0.3) is 5.92 Å². The van der Waals surface area contributed by atoms with Crippen molar-refractivity contribution in [1.29, 1.82) is 0 Å². The molecule has 3 nitrogen and oxygen atoms in total. The molecule has 0 spiro atoms. The predicted octanol–water partition coefficient (Wildman–Crippen LogP) is 2.83. The Labute approximate surface area is 92.3 Å². The van der Waals surface area contributed by atoms with Crippen LogP contribution < -0.4 is 0 Å². The molecule has 1 fully saturated rings. The van der Waals surface area contributed by atoms with Crippen LogP contribution in [0.25, 0.3) is 0 Å². The van der Waals surface area contributed by atoms with E-state index in [2.05, 4.69) is 0 Å². The number of halogens is 3. The van der Waals surface area contributed by atoms with Gasteiger partial charge in [-0.1, -0.05) is 11.6 Å². The number of likely N-dealkylation sites (tertiary alicyclic amines) is 1. The third kappa shape index (κ3) is 3.48. The Kier molecular flexibility index (Phi) is 3.14. The summed E-state index contributed by atoms with van der Waals surface area (Å²) in [7, 11) is 0. The van der Waals surface area contributed by atoms with Crippen LogP contribution >= 0.6 is 11.6 Å². The molecule has 88 valence electrons. The quantitative estimate of drug-likeness (QED) is 0.482. The van der Waals surface area contributed by atoms with Crippen molar-refractivity contribution in [2.75, 3.05) is 6.54 Å². The van der Waals surface area contributed by atoms with Gasteiger partial charge in [0.15, 0.2) is 0 Å². The average Bonchev–Trinajstić information content (AvgIpc) is 2.20. The van der Waals surface area contributed by atoms with Crippen molar-refractivity contribution < 1.29 is 18.3 Å². The lowest BCUT2D eigenvalue weighted by molar-refractivity contribution is -0.00204. The summed E-state index contributed by atoms with van der Waals surface area (Å²) < 4.78 is 30.8. The van der Waals surface area contributed by atoms with E-state index in [-0.39, 0.29) is 0 Å². The first-order valence-electron chi connectivity index (χ1n) is 4.62. The second-order valence-corrected chi connectivity index (χ2v) is 5.11. The first-order valence-corrected chi connectivity index (χ1v) is 5.06. The largest absolute Gasteiger partial charge is 0.444 e. The minimum atomic E-state index is -2.91. The lowest BCUT2D eigenvalue weighted by Crippen LogP contribution is -2.38. The monoisotopic (exact) mass is 241 g/mol. The second-order valence-electron chi connectivity index (χ2n) is 4.60. The normalized spacial score (nSPS) is 25.5. The summed E-state index contributed by atoms with van der Waals surface area (Å²) in [5.74, 6) is -2.91. The molecule has 0 bridgehead atoms. The minimum absolute atomic E-state index is 0.520. The van der Waals surface area contributed by atoms with Gasteiger partial charge >= 0.3 is 6.09 Å². The Bertz CT molecular complexity index is 265. The number of hydrogen-bond donors (Lipinski definition) is 0. The summed E-state index contributed by atoms with van der Waals surface area (Å²) in [6.45, 7) is 4.34. The Morgan fingerprint density at radius 3 is 2.40 bits per heavy atom. The van der Waals surface area contributed by atoms with Crippen LogP contribution in [-0.4, -0.2) is 34.6 Å². The van der Waals surface area contributed by atoms with Crippen molar-refractivity contribution in [1.82, 2.24) is 4.90 Å². The lowest BCUT2D eigenvalue weighted by atomic mass is 10.2. The number of hydrogen-bond acceptors (Lipinski definition) is 2. The van der Waals surface area contributed by atoms with E-state index in [1.165, 1.54) is 0 Å². The van der Waals surface area contributed by atoms with Gasteiger partial charge in [0.05, 0.1) is 6.54 Å². The Balaban J connectivity index is 2.62. The highest BCUT2D eigenvalue weighted by molar-refractivity contribution is 6.21. The van der Waals surface area contributed by atoms with Crippen LogP contribution in [0.3, 0.4) is 0 Å². The summed E-state index contributed by atoms with van der Waals surface area (Å²) >= 11 is 5.63. The van der Waals surface area contributed by atoms with E-state index in [0.717, 1.165) is 4.90 Å². The van der Waals surface area contributed by atoms with Gasteiger partial charge in [-0.15, -0.1) is 0 Å². The standard InChI is InChI=1S/C9H14ClF2NO2/c1-8(2,3)15-7(14)13-5-9(11,12)4-6(13)10/h6H,4-5H2,1-3H3/t6-/m1/s1. The first kappa shape index (κ1) is 12.5. The number of rotatable bonds is 0. The average molecular weight is 242 g/mol. The van der Waals surface area contributed by atoms with Gasteiger partial charge in [-0.25, -0.2) is 13.6 Å². The van der Waals surface area contributed by atoms with Gasteiger partial charge in [0, 0.05) is 6.42 Å². The zero-order valence-corrected chi connectivity index (χ0v) is 9.65. The van der Waals surface area contributed by atoms with Crippen LogP contribution in [-0.2, 0) is 4.74 Å². The number of alkyl halides is 3. The summed E-state index contributed by atoms with van der Waals surface area (Å²) in [6.07, 6.45) is -1.31. The van der Waals surface area contributed by atoms with Crippen molar-refractivity contribution in [2.24, 2.45) is 0 Å². The predicted molar refractivity (Wildman–Crippen MR) is 52.1 cm³/mol. The third-order valence-electron chi connectivity index (χ3n) is 1.83. The molecule has 0 aromatic rings. The van der Waals surface area contributed by atoms with E-state index in [4.69, 9.17) is 16.3 Å². The number of amides is 1. The van der Waals surface area contributed by atoms with Crippen LogP contribution in [0.4, 0.5) is 13.6 Å². The molecule has 0 aromatic carbocycles. The van der Waals surface area contributed by atoms with Gasteiger partial charge in [0.2, 0.25) is 0 Å². The number of nitrogens with zero attached hydrogens (tertiary/aromatic N) is 1. The highest BCUT2D eigenvalue weighted by Crippen LogP contribution is 2.34. The SMILES string of the molecule is CC(C)(C)OC(=O)N1CC(F)(F)C[C@@H]1Cl. The smallest absolute Gasteiger partial charge is 0.411 e. The lowest BCUT2D eigenvalue weighted by Gasteiger charge is -2.25. The maximum Gasteiger partial charge on any atom is 0.411 e. The molecule has 1 heterocycles. The summed E-state index contributed by atoms with van der Waals surface area (Å²) in [6, 6.07) is 0. The molecule has 1 rings (SSSR count). The Morgan fingerprint density at radius 1 is 1.53 bits per heavy atom. The molecular formula is C9H14ClF2NO2. The molecule has 1 atom stereocenters. The van der Waals surface area contributed by atoms with E-state index < -0.39 is 36.1 Å². The van der Waals surface area contributed by atoms with Crippen molar-refractivity contribution in [3.05, 3.63) is 0 Å². The highest BCUT2D eigenvalue weighted by atomic mass is 35.5. The summed E-state index contributed by atoms with van der Waals surface area (Å²) in [5, 5.41) is 0. The van der Waals surface area contributed by atoms with E-state index in [0.29, 0.717) is 0 Å². The molecule has 6 heteroatoms. The van der Waals surface area contributed by atoms with E-state index in [1.54, 1.807) is 20.8 Å². The molecular weight excluding hydrogens is 228 g/mol. The Morgan fingerprint density at radius 2 is 2.07 bits per heavy atom. The van der Waals surface area contributed by atoms with E-state index >= 15 is 0 Å². The van der Waals surface area contributed by atoms with Gasteiger partial charge < -0.3 is 4.74 Å². The maximum absolute atomic E-state index is 12.9. The molecule has 0 N–H and O–H groups in total. The molecule has 1 aliphatic rings. The maximum atomic E-state index is 12.9. The van der Waals surface area contributed by atoms with Crippen LogP contribution in [0.5, 0.6) is 0 Å². The fourth-order valence-corrected chi connectivity index (χ4v) is 1.64. The highest BCUT2D eigenvalue weighted by Gasteiger charge is 2.47. The summed E-state index contributed by atoms with van der Waals surface area (Å²) in [4.78, 5) is 12.3. The number of ether oxygens (including phenoxy) is 1. The van der Waals surface area contributed by atoms with Crippen molar-refractivity contribution in [3.8, 4) is 0 Å². The van der Waals surface area contributed by atoms with E-state index in [1.807, 2.05) is 0 Å². The molecule has 0 aromatic heterocycles.